The van der Waals surface area contributed by atoms with Crippen molar-refractivity contribution in [2.45, 2.75) is 33.1 Å². The fourth-order valence-corrected chi connectivity index (χ4v) is 2.53. The molecule has 1 N–H and O–H groups in total. The molecule has 3 heteroatoms. The summed E-state index contributed by atoms with van der Waals surface area (Å²) in [5, 5.41) is 3.35. The lowest BCUT2D eigenvalue weighted by molar-refractivity contribution is -0.118. The first kappa shape index (κ1) is 14.1. The Morgan fingerprint density at radius 1 is 1.37 bits per heavy atom. The molecule has 0 aliphatic carbocycles. The molecular formula is C16H24N2O. The van der Waals surface area contributed by atoms with Crippen molar-refractivity contribution in [3.05, 3.63) is 29.3 Å². The monoisotopic (exact) mass is 260 g/mol. The number of amides is 1. The van der Waals surface area contributed by atoms with Gasteiger partial charge in [-0.3, -0.25) is 4.79 Å². The van der Waals surface area contributed by atoms with E-state index in [9.17, 15) is 4.79 Å². The molecule has 1 amide bonds. The van der Waals surface area contributed by atoms with Crippen LogP contribution < -0.4 is 10.2 Å². The van der Waals surface area contributed by atoms with Gasteiger partial charge < -0.3 is 10.2 Å². The third-order valence-corrected chi connectivity index (χ3v) is 4.18. The molecule has 1 aliphatic rings. The van der Waals surface area contributed by atoms with Crippen molar-refractivity contribution in [2.75, 3.05) is 25.0 Å². The molecule has 3 nitrogen and oxygen atoms in total. The molecule has 1 aromatic carbocycles. The van der Waals surface area contributed by atoms with Gasteiger partial charge in [0.15, 0.2) is 0 Å². The molecule has 1 heterocycles. The second-order valence-corrected chi connectivity index (χ2v) is 5.62. The smallest absolute Gasteiger partial charge is 0.226 e. The van der Waals surface area contributed by atoms with Crippen molar-refractivity contribution in [3.8, 4) is 0 Å². The second kappa shape index (κ2) is 6.20. The maximum atomic E-state index is 12.2. The fraction of sp³-hybridized carbons (Fsp3) is 0.562. The number of rotatable bonds is 4. The number of carbonyl (C=O) groups is 1. The number of nitrogens with one attached hydrogen (secondary N) is 1. The van der Waals surface area contributed by atoms with Gasteiger partial charge in [-0.2, -0.15) is 0 Å². The van der Waals surface area contributed by atoms with E-state index in [1.165, 1.54) is 17.5 Å². The van der Waals surface area contributed by atoms with Gasteiger partial charge in [-0.05, 0) is 69.0 Å². The van der Waals surface area contributed by atoms with E-state index in [-0.39, 0.29) is 5.91 Å². The Morgan fingerprint density at radius 3 is 2.79 bits per heavy atom. The zero-order chi connectivity index (χ0) is 13.8. The van der Waals surface area contributed by atoms with E-state index >= 15 is 0 Å². The van der Waals surface area contributed by atoms with E-state index in [1.807, 2.05) is 13.1 Å². The molecule has 1 unspecified atom stereocenters. The van der Waals surface area contributed by atoms with Crippen molar-refractivity contribution in [1.82, 2.24) is 5.32 Å². The summed E-state index contributed by atoms with van der Waals surface area (Å²) in [6.45, 7) is 6.35. The number of hydrogen-bond donors (Lipinski definition) is 1. The van der Waals surface area contributed by atoms with Crippen LogP contribution >= 0.6 is 0 Å². The van der Waals surface area contributed by atoms with Crippen LogP contribution in [-0.2, 0) is 4.79 Å². The minimum Gasteiger partial charge on any atom is -0.316 e. The van der Waals surface area contributed by atoms with Crippen LogP contribution in [0.25, 0.3) is 0 Å². The van der Waals surface area contributed by atoms with Crippen molar-refractivity contribution in [2.24, 2.45) is 5.92 Å². The number of anilines is 1. The van der Waals surface area contributed by atoms with E-state index < -0.39 is 0 Å². The minimum atomic E-state index is 0.218. The largest absolute Gasteiger partial charge is 0.316 e. The molecule has 0 spiro atoms. The summed E-state index contributed by atoms with van der Waals surface area (Å²) in [4.78, 5) is 14.0. The van der Waals surface area contributed by atoms with Gasteiger partial charge in [-0.1, -0.05) is 6.07 Å². The molecule has 1 atom stereocenters. The highest BCUT2D eigenvalue weighted by Gasteiger charge is 2.18. The Balaban J connectivity index is 1.92. The molecule has 1 saturated heterocycles. The van der Waals surface area contributed by atoms with Crippen molar-refractivity contribution >= 4 is 11.6 Å². The van der Waals surface area contributed by atoms with E-state index in [0.717, 1.165) is 25.2 Å². The van der Waals surface area contributed by atoms with E-state index in [2.05, 4.69) is 31.3 Å². The van der Waals surface area contributed by atoms with Crippen LogP contribution in [0.1, 0.15) is 30.4 Å². The Kier molecular flexibility index (Phi) is 4.59. The standard InChI is InChI=1S/C16H24N2O/c1-12-4-6-15(10-13(12)2)18(3)16(19)7-5-14-8-9-17-11-14/h4,6,10,14,17H,5,7-9,11H2,1-3H3. The lowest BCUT2D eigenvalue weighted by Gasteiger charge is -2.19. The second-order valence-electron chi connectivity index (χ2n) is 5.62. The zero-order valence-electron chi connectivity index (χ0n) is 12.2. The minimum absolute atomic E-state index is 0.218. The summed E-state index contributed by atoms with van der Waals surface area (Å²) in [6.07, 6.45) is 2.86. The maximum absolute atomic E-state index is 12.2. The van der Waals surface area contributed by atoms with E-state index in [4.69, 9.17) is 0 Å². The van der Waals surface area contributed by atoms with E-state index in [0.29, 0.717) is 12.3 Å². The molecule has 104 valence electrons. The average molecular weight is 260 g/mol. The third-order valence-electron chi connectivity index (χ3n) is 4.18. The molecule has 0 aromatic heterocycles. The van der Waals surface area contributed by atoms with Crippen LogP contribution in [-0.4, -0.2) is 26.0 Å². The first-order valence-electron chi connectivity index (χ1n) is 7.12. The van der Waals surface area contributed by atoms with Crippen LogP contribution in [0.3, 0.4) is 0 Å². The quantitative estimate of drug-likeness (QED) is 0.902. The third kappa shape index (κ3) is 3.57. The van der Waals surface area contributed by atoms with Crippen LogP contribution in [0.4, 0.5) is 5.69 Å². The first-order chi connectivity index (χ1) is 9.08. The highest BCUT2D eigenvalue weighted by Crippen LogP contribution is 2.20. The molecule has 2 rings (SSSR count). The molecule has 19 heavy (non-hydrogen) atoms. The van der Waals surface area contributed by atoms with Gasteiger partial charge in [0.05, 0.1) is 0 Å². The van der Waals surface area contributed by atoms with E-state index in [1.54, 1.807) is 4.90 Å². The summed E-state index contributed by atoms with van der Waals surface area (Å²) >= 11 is 0. The number of carbonyl (C=O) groups excluding carboxylic acids is 1. The van der Waals surface area contributed by atoms with Crippen LogP contribution in [0.5, 0.6) is 0 Å². The molecule has 1 fully saturated rings. The van der Waals surface area contributed by atoms with Gasteiger partial charge in [-0.15, -0.1) is 0 Å². The molecule has 0 saturated carbocycles. The van der Waals surface area contributed by atoms with Gasteiger partial charge in [0.1, 0.15) is 0 Å². The number of benzene rings is 1. The number of nitrogens with zero attached hydrogens (tertiary/aromatic N) is 1. The summed E-state index contributed by atoms with van der Waals surface area (Å²) < 4.78 is 0. The van der Waals surface area contributed by atoms with Crippen LogP contribution in [0, 0.1) is 19.8 Å². The zero-order valence-corrected chi connectivity index (χ0v) is 12.2. The SMILES string of the molecule is Cc1ccc(N(C)C(=O)CCC2CCNC2)cc1C. The summed E-state index contributed by atoms with van der Waals surface area (Å²) in [5.41, 5.74) is 3.50. The predicted molar refractivity (Wildman–Crippen MR) is 79.5 cm³/mol. The first-order valence-corrected chi connectivity index (χ1v) is 7.12. The van der Waals surface area contributed by atoms with Gasteiger partial charge in [0.2, 0.25) is 5.91 Å². The molecule has 1 aliphatic heterocycles. The van der Waals surface area contributed by atoms with Crippen molar-refractivity contribution < 1.29 is 4.79 Å². The van der Waals surface area contributed by atoms with Crippen molar-refractivity contribution in [3.63, 3.8) is 0 Å². The number of hydrogen-bond acceptors (Lipinski definition) is 2. The maximum Gasteiger partial charge on any atom is 0.226 e. The summed E-state index contributed by atoms with van der Waals surface area (Å²) in [7, 11) is 1.87. The highest BCUT2D eigenvalue weighted by molar-refractivity contribution is 5.92. The topological polar surface area (TPSA) is 32.3 Å². The predicted octanol–water partition coefficient (Wildman–Crippen LogP) is 2.66. The Hall–Kier alpha value is -1.35. The van der Waals surface area contributed by atoms with Gasteiger partial charge in [0, 0.05) is 19.2 Å². The lowest BCUT2D eigenvalue weighted by Crippen LogP contribution is -2.26. The molecule has 1 aromatic rings. The Labute approximate surface area is 116 Å². The fourth-order valence-electron chi connectivity index (χ4n) is 2.53. The Morgan fingerprint density at radius 2 is 2.16 bits per heavy atom. The van der Waals surface area contributed by atoms with Gasteiger partial charge in [-0.25, -0.2) is 0 Å². The normalized spacial score (nSPS) is 18.6. The summed E-state index contributed by atoms with van der Waals surface area (Å²) in [6, 6.07) is 6.19. The Bertz CT molecular complexity index is 450. The number of aryl methyl sites for hydroxylation is 2. The van der Waals surface area contributed by atoms with Crippen molar-refractivity contribution in [1.29, 1.82) is 0 Å². The lowest BCUT2D eigenvalue weighted by atomic mass is 10.0. The molecular weight excluding hydrogens is 236 g/mol. The van der Waals surface area contributed by atoms with Crippen LogP contribution in [0.2, 0.25) is 0 Å². The molecule has 0 radical (unpaired) electrons. The highest BCUT2D eigenvalue weighted by atomic mass is 16.2. The van der Waals surface area contributed by atoms with Gasteiger partial charge in [0.25, 0.3) is 0 Å². The van der Waals surface area contributed by atoms with Gasteiger partial charge >= 0.3 is 0 Å². The summed E-state index contributed by atoms with van der Waals surface area (Å²) in [5.74, 6) is 0.896. The average Bonchev–Trinajstić information content (AvgIpc) is 2.91. The molecule has 0 bridgehead atoms. The van der Waals surface area contributed by atoms with Crippen LogP contribution in [0.15, 0.2) is 18.2 Å².